The first-order valence-corrected chi connectivity index (χ1v) is 6.86. The van der Waals surface area contributed by atoms with E-state index in [1.54, 1.807) is 6.07 Å². The van der Waals surface area contributed by atoms with Gasteiger partial charge in [0.1, 0.15) is 5.82 Å². The Morgan fingerprint density at radius 2 is 2.32 bits per heavy atom. The molecular formula is C15H20FNO2. The number of fused-ring (bicyclic) bond motifs is 1. The van der Waals surface area contributed by atoms with Crippen molar-refractivity contribution < 1.29 is 14.3 Å². The van der Waals surface area contributed by atoms with E-state index in [0.29, 0.717) is 0 Å². The van der Waals surface area contributed by atoms with Crippen molar-refractivity contribution in [2.24, 2.45) is 0 Å². The lowest BCUT2D eigenvalue weighted by Crippen LogP contribution is -2.36. The fourth-order valence-corrected chi connectivity index (χ4v) is 2.93. The topological polar surface area (TPSA) is 40.5 Å². The van der Waals surface area contributed by atoms with Gasteiger partial charge in [0.25, 0.3) is 0 Å². The molecule has 1 aliphatic carbocycles. The quantitative estimate of drug-likeness (QED) is 0.889. The van der Waals surface area contributed by atoms with Gasteiger partial charge in [-0.25, -0.2) is 4.39 Å². The smallest absolute Gasteiger partial charge is 0.317 e. The number of carboxylic acid groups (broad SMARTS) is 1. The number of aryl methyl sites for hydroxylation is 1. The SMILES string of the molecule is CCCN(CC(=O)O)C1CCCc2ccc(F)cc21. The standard InChI is InChI=1S/C15H20FNO2/c1-2-8-17(10-15(18)19)14-5-3-4-11-6-7-12(16)9-13(11)14/h6-7,9,14H,2-5,8,10H2,1H3,(H,18,19). The Bertz CT molecular complexity index is 461. The van der Waals surface area contributed by atoms with Crippen molar-refractivity contribution in [2.75, 3.05) is 13.1 Å². The third kappa shape index (κ3) is 3.32. The van der Waals surface area contributed by atoms with E-state index in [2.05, 4.69) is 0 Å². The third-order valence-electron chi connectivity index (χ3n) is 3.68. The molecule has 104 valence electrons. The summed E-state index contributed by atoms with van der Waals surface area (Å²) in [7, 11) is 0. The third-order valence-corrected chi connectivity index (χ3v) is 3.68. The molecule has 1 aromatic carbocycles. The highest BCUT2D eigenvalue weighted by Crippen LogP contribution is 2.34. The molecule has 0 fully saturated rings. The average molecular weight is 265 g/mol. The minimum Gasteiger partial charge on any atom is -0.480 e. The highest BCUT2D eigenvalue weighted by atomic mass is 19.1. The van der Waals surface area contributed by atoms with Gasteiger partial charge in [-0.1, -0.05) is 13.0 Å². The summed E-state index contributed by atoms with van der Waals surface area (Å²) in [5, 5.41) is 9.03. The van der Waals surface area contributed by atoms with E-state index in [4.69, 9.17) is 5.11 Å². The van der Waals surface area contributed by atoms with Crippen molar-refractivity contribution in [3.8, 4) is 0 Å². The number of carboxylic acids is 1. The van der Waals surface area contributed by atoms with Crippen LogP contribution < -0.4 is 0 Å². The summed E-state index contributed by atoms with van der Waals surface area (Å²) in [6.45, 7) is 2.78. The Morgan fingerprint density at radius 1 is 1.53 bits per heavy atom. The zero-order valence-electron chi connectivity index (χ0n) is 11.2. The molecule has 0 saturated carbocycles. The molecule has 0 radical (unpaired) electrons. The summed E-state index contributed by atoms with van der Waals surface area (Å²) >= 11 is 0. The van der Waals surface area contributed by atoms with Crippen LogP contribution in [0.3, 0.4) is 0 Å². The number of nitrogens with zero attached hydrogens (tertiary/aromatic N) is 1. The van der Waals surface area contributed by atoms with Crippen LogP contribution in [0, 0.1) is 5.82 Å². The lowest BCUT2D eigenvalue weighted by atomic mass is 9.86. The molecule has 0 spiro atoms. The van der Waals surface area contributed by atoms with Crippen LogP contribution in [0.15, 0.2) is 18.2 Å². The summed E-state index contributed by atoms with van der Waals surface area (Å²) in [6, 6.07) is 4.93. The van der Waals surface area contributed by atoms with Crippen molar-refractivity contribution >= 4 is 5.97 Å². The van der Waals surface area contributed by atoms with Crippen molar-refractivity contribution in [1.82, 2.24) is 4.90 Å². The Labute approximate surface area is 113 Å². The maximum absolute atomic E-state index is 13.4. The molecule has 19 heavy (non-hydrogen) atoms. The molecule has 0 aliphatic heterocycles. The maximum atomic E-state index is 13.4. The molecule has 0 amide bonds. The van der Waals surface area contributed by atoms with E-state index >= 15 is 0 Å². The minimum atomic E-state index is -0.822. The van der Waals surface area contributed by atoms with Crippen molar-refractivity contribution in [3.05, 3.63) is 35.1 Å². The van der Waals surface area contributed by atoms with E-state index < -0.39 is 5.97 Å². The number of benzene rings is 1. The van der Waals surface area contributed by atoms with Gasteiger partial charge >= 0.3 is 5.97 Å². The Hall–Kier alpha value is -1.42. The van der Waals surface area contributed by atoms with Gasteiger partial charge in [0, 0.05) is 6.04 Å². The highest BCUT2D eigenvalue weighted by molar-refractivity contribution is 5.69. The molecule has 4 heteroatoms. The summed E-state index contributed by atoms with van der Waals surface area (Å²) < 4.78 is 13.4. The largest absolute Gasteiger partial charge is 0.480 e. The van der Waals surface area contributed by atoms with Crippen molar-refractivity contribution in [2.45, 2.75) is 38.6 Å². The lowest BCUT2D eigenvalue weighted by Gasteiger charge is -2.34. The second kappa shape index (κ2) is 6.15. The molecule has 1 aliphatic rings. The first kappa shape index (κ1) is 14.0. The molecule has 0 saturated heterocycles. The Kier molecular flexibility index (Phi) is 4.53. The Balaban J connectivity index is 2.29. The molecule has 1 N–H and O–H groups in total. The van der Waals surface area contributed by atoms with Crippen molar-refractivity contribution in [3.63, 3.8) is 0 Å². The van der Waals surface area contributed by atoms with E-state index in [-0.39, 0.29) is 18.4 Å². The van der Waals surface area contributed by atoms with Gasteiger partial charge in [0.2, 0.25) is 0 Å². The predicted molar refractivity (Wildman–Crippen MR) is 71.6 cm³/mol. The molecule has 1 aromatic rings. The average Bonchev–Trinajstić information content (AvgIpc) is 2.37. The van der Waals surface area contributed by atoms with E-state index in [0.717, 1.165) is 43.4 Å². The number of hydrogen-bond acceptors (Lipinski definition) is 2. The summed E-state index contributed by atoms with van der Waals surface area (Å²) in [4.78, 5) is 12.9. The molecule has 0 aromatic heterocycles. The predicted octanol–water partition coefficient (Wildman–Crippen LogP) is 3.00. The first-order chi connectivity index (χ1) is 9.11. The van der Waals surface area contributed by atoms with Gasteiger partial charge in [-0.05, 0) is 55.5 Å². The van der Waals surface area contributed by atoms with Crippen LogP contribution in [0.25, 0.3) is 0 Å². The van der Waals surface area contributed by atoms with Crippen LogP contribution in [-0.2, 0) is 11.2 Å². The second-order valence-electron chi connectivity index (χ2n) is 5.12. The number of hydrogen-bond donors (Lipinski definition) is 1. The van der Waals surface area contributed by atoms with Gasteiger partial charge in [0.05, 0.1) is 6.54 Å². The van der Waals surface area contributed by atoms with Crippen molar-refractivity contribution in [1.29, 1.82) is 0 Å². The van der Waals surface area contributed by atoms with Gasteiger partial charge < -0.3 is 5.11 Å². The number of carbonyl (C=O) groups is 1. The van der Waals surface area contributed by atoms with E-state index in [1.165, 1.54) is 6.07 Å². The number of aliphatic carboxylic acids is 1. The van der Waals surface area contributed by atoms with Crippen LogP contribution in [-0.4, -0.2) is 29.1 Å². The van der Waals surface area contributed by atoms with Gasteiger partial charge in [-0.3, -0.25) is 9.69 Å². The summed E-state index contributed by atoms with van der Waals surface area (Å²) in [6.07, 6.45) is 3.79. The summed E-state index contributed by atoms with van der Waals surface area (Å²) in [5.41, 5.74) is 2.13. The molecular weight excluding hydrogens is 245 g/mol. The molecule has 1 atom stereocenters. The van der Waals surface area contributed by atoms with Crippen LogP contribution in [0.2, 0.25) is 0 Å². The zero-order valence-corrected chi connectivity index (χ0v) is 11.2. The van der Waals surface area contributed by atoms with E-state index in [9.17, 15) is 9.18 Å². The fourth-order valence-electron chi connectivity index (χ4n) is 2.93. The first-order valence-electron chi connectivity index (χ1n) is 6.86. The number of rotatable bonds is 5. The molecule has 3 nitrogen and oxygen atoms in total. The second-order valence-corrected chi connectivity index (χ2v) is 5.12. The highest BCUT2D eigenvalue weighted by Gasteiger charge is 2.27. The van der Waals surface area contributed by atoms with Crippen LogP contribution in [0.5, 0.6) is 0 Å². The minimum absolute atomic E-state index is 0.0223. The summed E-state index contributed by atoms with van der Waals surface area (Å²) in [5.74, 6) is -1.06. The van der Waals surface area contributed by atoms with Crippen LogP contribution >= 0.6 is 0 Å². The number of halogens is 1. The maximum Gasteiger partial charge on any atom is 0.317 e. The molecule has 2 rings (SSSR count). The molecule has 0 heterocycles. The Morgan fingerprint density at radius 3 is 3.00 bits per heavy atom. The van der Waals surface area contributed by atoms with Crippen LogP contribution in [0.4, 0.5) is 4.39 Å². The molecule has 1 unspecified atom stereocenters. The monoisotopic (exact) mass is 265 g/mol. The van der Waals surface area contributed by atoms with Gasteiger partial charge in [-0.15, -0.1) is 0 Å². The van der Waals surface area contributed by atoms with Gasteiger partial charge in [0.15, 0.2) is 0 Å². The molecule has 0 bridgehead atoms. The zero-order chi connectivity index (χ0) is 13.8. The van der Waals surface area contributed by atoms with Gasteiger partial charge in [-0.2, -0.15) is 0 Å². The lowest BCUT2D eigenvalue weighted by molar-refractivity contribution is -0.139. The van der Waals surface area contributed by atoms with E-state index in [1.807, 2.05) is 17.9 Å². The normalized spacial score (nSPS) is 18.4. The fraction of sp³-hybridized carbons (Fsp3) is 0.533. The van der Waals surface area contributed by atoms with Crippen LogP contribution in [0.1, 0.15) is 43.4 Å².